The number of rotatable bonds is 7. The molecule has 0 saturated heterocycles. The highest BCUT2D eigenvalue weighted by Crippen LogP contribution is 2.37. The van der Waals surface area contributed by atoms with E-state index in [2.05, 4.69) is 22.9 Å². The van der Waals surface area contributed by atoms with Crippen LogP contribution in [0.3, 0.4) is 0 Å². The molecule has 3 atom stereocenters. The molecule has 1 aliphatic carbocycles. The van der Waals surface area contributed by atoms with Gasteiger partial charge in [0.2, 0.25) is 0 Å². The summed E-state index contributed by atoms with van der Waals surface area (Å²) in [4.78, 5) is 0.184. The molecule has 0 radical (unpaired) electrons. The fourth-order valence-corrected chi connectivity index (χ4v) is 4.76. The lowest BCUT2D eigenvalue weighted by atomic mass is 9.72. The summed E-state index contributed by atoms with van der Waals surface area (Å²) in [5, 5.41) is 9.22. The van der Waals surface area contributed by atoms with E-state index in [-0.39, 0.29) is 24.0 Å². The van der Waals surface area contributed by atoms with Gasteiger partial charge >= 0.3 is 0 Å². The Hall–Kier alpha value is -0.430. The lowest BCUT2D eigenvalue weighted by molar-refractivity contribution is 0.105. The molecule has 0 amide bonds. The predicted octanol–water partition coefficient (Wildman–Crippen LogP) is 3.98. The predicted molar refractivity (Wildman–Crippen MR) is 93.6 cm³/mol. The molecule has 1 fully saturated rings. The Morgan fingerprint density at radius 1 is 1.26 bits per heavy atom. The number of hydrogen-bond donors (Lipinski definition) is 1. The summed E-state index contributed by atoms with van der Waals surface area (Å²) in [7, 11) is -3.71. The van der Waals surface area contributed by atoms with Gasteiger partial charge < -0.3 is 5.11 Å². The van der Waals surface area contributed by atoms with E-state index in [1.807, 2.05) is 0 Å². The van der Waals surface area contributed by atoms with E-state index < -0.39 is 10.1 Å². The zero-order valence-corrected chi connectivity index (χ0v) is 15.9. The summed E-state index contributed by atoms with van der Waals surface area (Å²) in [5.74, 6) is 1.07. The van der Waals surface area contributed by atoms with Crippen LogP contribution in [-0.4, -0.2) is 26.7 Å². The summed E-state index contributed by atoms with van der Waals surface area (Å²) >= 11 is 3.29. The van der Waals surface area contributed by atoms with Crippen LogP contribution in [0, 0.1) is 17.8 Å². The highest BCUT2D eigenvalue weighted by Gasteiger charge is 2.30. The van der Waals surface area contributed by atoms with E-state index in [0.717, 1.165) is 23.7 Å². The minimum atomic E-state index is -3.71. The highest BCUT2D eigenvalue weighted by molar-refractivity contribution is 9.10. The van der Waals surface area contributed by atoms with E-state index in [0.29, 0.717) is 11.8 Å². The van der Waals surface area contributed by atoms with Gasteiger partial charge in [0.15, 0.2) is 0 Å². The molecule has 0 spiro atoms. The Kier molecular flexibility index (Phi) is 7.07. The van der Waals surface area contributed by atoms with Crippen LogP contribution in [-0.2, 0) is 14.3 Å². The maximum Gasteiger partial charge on any atom is 0.296 e. The van der Waals surface area contributed by atoms with Gasteiger partial charge in [0.25, 0.3) is 10.1 Å². The second kappa shape index (κ2) is 8.60. The summed E-state index contributed by atoms with van der Waals surface area (Å²) < 4.78 is 30.6. The van der Waals surface area contributed by atoms with Gasteiger partial charge in [0.1, 0.15) is 0 Å². The maximum absolute atomic E-state index is 12.3. The van der Waals surface area contributed by atoms with Crippen LogP contribution in [0.4, 0.5) is 0 Å². The Labute approximate surface area is 147 Å². The highest BCUT2D eigenvalue weighted by atomic mass is 79.9. The smallest absolute Gasteiger partial charge is 0.296 e. The van der Waals surface area contributed by atoms with Crippen molar-refractivity contribution in [2.75, 3.05) is 13.2 Å². The Morgan fingerprint density at radius 3 is 2.57 bits per heavy atom. The summed E-state index contributed by atoms with van der Waals surface area (Å²) in [6.45, 7) is 2.45. The average molecular weight is 405 g/mol. The number of benzene rings is 1. The van der Waals surface area contributed by atoms with Gasteiger partial charge in [-0.3, -0.25) is 4.18 Å². The van der Waals surface area contributed by atoms with E-state index in [9.17, 15) is 13.5 Å². The first kappa shape index (κ1) is 18.9. The largest absolute Gasteiger partial charge is 0.396 e. The number of halogens is 1. The SMILES string of the molecule is C[C@@H](COS(=O)(=O)c1ccc(Br)cc1)[C@@H]1CCCC[C@@H]1CCO. The number of hydrogen-bond acceptors (Lipinski definition) is 4. The monoisotopic (exact) mass is 404 g/mol. The first-order valence-electron chi connectivity index (χ1n) is 8.20. The standard InChI is InChI=1S/C17H25BrO4S/c1-13(17-5-3-2-4-14(17)10-11-19)12-22-23(20,21)16-8-6-15(18)7-9-16/h6-9,13-14,17,19H,2-5,10-12H2,1H3/t13-,14+,17-/m0/s1. The third-order valence-electron chi connectivity index (χ3n) is 4.79. The molecular weight excluding hydrogens is 380 g/mol. The van der Waals surface area contributed by atoms with Gasteiger partial charge in [-0.1, -0.05) is 42.1 Å². The first-order valence-corrected chi connectivity index (χ1v) is 10.4. The number of aliphatic hydroxyl groups excluding tert-OH is 1. The van der Waals surface area contributed by atoms with E-state index in [1.54, 1.807) is 24.3 Å². The maximum atomic E-state index is 12.3. The Bertz CT molecular complexity index is 583. The van der Waals surface area contributed by atoms with Gasteiger partial charge in [-0.25, -0.2) is 0 Å². The van der Waals surface area contributed by atoms with E-state index in [4.69, 9.17) is 4.18 Å². The first-order chi connectivity index (χ1) is 10.9. The Morgan fingerprint density at radius 2 is 1.91 bits per heavy atom. The summed E-state index contributed by atoms with van der Waals surface area (Å²) in [6.07, 6.45) is 5.39. The van der Waals surface area contributed by atoms with Crippen LogP contribution in [0.1, 0.15) is 39.0 Å². The fraction of sp³-hybridized carbons (Fsp3) is 0.647. The van der Waals surface area contributed by atoms with Gasteiger partial charge in [-0.2, -0.15) is 8.42 Å². The minimum absolute atomic E-state index is 0.164. The molecule has 0 bridgehead atoms. The molecule has 4 nitrogen and oxygen atoms in total. The van der Waals surface area contributed by atoms with Crippen molar-refractivity contribution >= 4 is 26.0 Å². The van der Waals surface area contributed by atoms with E-state index >= 15 is 0 Å². The molecule has 1 aromatic rings. The van der Waals surface area contributed by atoms with Crippen LogP contribution < -0.4 is 0 Å². The zero-order valence-electron chi connectivity index (χ0n) is 13.4. The molecule has 1 N–H and O–H groups in total. The molecule has 0 heterocycles. The van der Waals surface area contributed by atoms with Crippen molar-refractivity contribution in [2.45, 2.75) is 43.9 Å². The lowest BCUT2D eigenvalue weighted by Gasteiger charge is -2.35. The minimum Gasteiger partial charge on any atom is -0.396 e. The quantitative estimate of drug-likeness (QED) is 0.697. The molecule has 6 heteroatoms. The van der Waals surface area contributed by atoms with Crippen molar-refractivity contribution in [3.05, 3.63) is 28.7 Å². The van der Waals surface area contributed by atoms with Crippen molar-refractivity contribution in [3.8, 4) is 0 Å². The zero-order chi connectivity index (χ0) is 16.9. The van der Waals surface area contributed by atoms with Crippen LogP contribution in [0.5, 0.6) is 0 Å². The number of aliphatic hydroxyl groups is 1. The van der Waals surface area contributed by atoms with Gasteiger partial charge in [-0.05, 0) is 54.9 Å². The van der Waals surface area contributed by atoms with E-state index in [1.165, 1.54) is 12.8 Å². The van der Waals surface area contributed by atoms with Crippen LogP contribution >= 0.6 is 15.9 Å². The summed E-state index contributed by atoms with van der Waals surface area (Å²) in [5.41, 5.74) is 0. The molecule has 0 aliphatic heterocycles. The second-order valence-electron chi connectivity index (χ2n) is 6.39. The van der Waals surface area contributed by atoms with Crippen molar-refractivity contribution < 1.29 is 17.7 Å². The van der Waals surface area contributed by atoms with Crippen LogP contribution in [0.15, 0.2) is 33.6 Å². The van der Waals surface area contributed by atoms with Gasteiger partial charge in [-0.15, -0.1) is 0 Å². The molecule has 2 rings (SSSR count). The van der Waals surface area contributed by atoms with Crippen LogP contribution in [0.25, 0.3) is 0 Å². The molecular formula is C17H25BrO4S. The van der Waals surface area contributed by atoms with Crippen molar-refractivity contribution in [1.29, 1.82) is 0 Å². The molecule has 1 aliphatic rings. The molecule has 1 aromatic carbocycles. The van der Waals surface area contributed by atoms with Crippen LogP contribution in [0.2, 0.25) is 0 Å². The van der Waals surface area contributed by atoms with Gasteiger partial charge in [0, 0.05) is 11.1 Å². The molecule has 1 saturated carbocycles. The van der Waals surface area contributed by atoms with Crippen molar-refractivity contribution in [3.63, 3.8) is 0 Å². The van der Waals surface area contributed by atoms with Crippen molar-refractivity contribution in [1.82, 2.24) is 0 Å². The third kappa shape index (κ3) is 5.28. The second-order valence-corrected chi connectivity index (χ2v) is 8.92. The lowest BCUT2D eigenvalue weighted by Crippen LogP contribution is -2.29. The topological polar surface area (TPSA) is 63.6 Å². The molecule has 0 aromatic heterocycles. The van der Waals surface area contributed by atoms with Gasteiger partial charge in [0.05, 0.1) is 11.5 Å². The molecule has 23 heavy (non-hydrogen) atoms. The fourth-order valence-electron chi connectivity index (χ4n) is 3.50. The third-order valence-corrected chi connectivity index (χ3v) is 6.61. The normalized spacial score (nSPS) is 23.6. The summed E-state index contributed by atoms with van der Waals surface area (Å²) in [6, 6.07) is 6.47. The van der Waals surface area contributed by atoms with Crippen molar-refractivity contribution in [2.24, 2.45) is 17.8 Å². The molecule has 0 unspecified atom stereocenters. The average Bonchev–Trinajstić information content (AvgIpc) is 2.54. The Balaban J connectivity index is 1.96. The molecule has 130 valence electrons.